The Hall–Kier alpha value is -2.20. The van der Waals surface area contributed by atoms with Crippen molar-refractivity contribution in [3.05, 3.63) is 0 Å². The van der Waals surface area contributed by atoms with Crippen LogP contribution in [-0.4, -0.2) is 61.9 Å². The van der Waals surface area contributed by atoms with E-state index < -0.39 is 35.7 Å². The second kappa shape index (κ2) is 10.5. The fraction of sp³-hybridized carbons (Fsp3) is 0.667. The molecule has 0 aromatic carbocycles. The lowest BCUT2D eigenvalue weighted by molar-refractivity contribution is -0.127. The van der Waals surface area contributed by atoms with Crippen molar-refractivity contribution in [3.8, 4) is 0 Å². The zero-order valence-electron chi connectivity index (χ0n) is 12.8. The zero-order valence-corrected chi connectivity index (χ0v) is 12.8. The second-order valence-corrected chi connectivity index (χ2v) is 4.71. The Morgan fingerprint density at radius 3 is 1.32 bits per heavy atom. The van der Waals surface area contributed by atoms with Crippen LogP contribution in [0.25, 0.3) is 0 Å². The van der Waals surface area contributed by atoms with Crippen molar-refractivity contribution < 1.29 is 19.2 Å². The van der Waals surface area contributed by atoms with Crippen molar-refractivity contribution in [2.45, 2.75) is 25.9 Å². The van der Waals surface area contributed by atoms with E-state index in [1.165, 1.54) is 13.8 Å². The van der Waals surface area contributed by atoms with Gasteiger partial charge in [0.25, 0.3) is 0 Å². The van der Waals surface area contributed by atoms with E-state index in [9.17, 15) is 19.2 Å². The van der Waals surface area contributed by atoms with Gasteiger partial charge in [-0.2, -0.15) is 0 Å². The molecule has 0 aliphatic rings. The highest BCUT2D eigenvalue weighted by atomic mass is 16.2. The average molecular weight is 316 g/mol. The van der Waals surface area contributed by atoms with Crippen LogP contribution in [0.3, 0.4) is 0 Å². The first-order chi connectivity index (χ1) is 10.2. The van der Waals surface area contributed by atoms with E-state index in [0.29, 0.717) is 0 Å². The van der Waals surface area contributed by atoms with Gasteiger partial charge in [-0.25, -0.2) is 0 Å². The normalized spacial score (nSPS) is 12.7. The van der Waals surface area contributed by atoms with Crippen LogP contribution >= 0.6 is 0 Å². The van der Waals surface area contributed by atoms with Gasteiger partial charge in [0.1, 0.15) is 0 Å². The molecule has 0 saturated heterocycles. The van der Waals surface area contributed by atoms with Crippen molar-refractivity contribution in [2.24, 2.45) is 11.5 Å². The topological polar surface area (TPSA) is 168 Å². The van der Waals surface area contributed by atoms with Crippen molar-refractivity contribution in [2.75, 3.05) is 26.2 Å². The first-order valence-corrected chi connectivity index (χ1v) is 6.84. The minimum absolute atomic E-state index is 0.182. The fourth-order valence-electron chi connectivity index (χ4n) is 1.19. The Kier molecular flexibility index (Phi) is 9.46. The molecule has 0 bridgehead atoms. The van der Waals surface area contributed by atoms with Gasteiger partial charge >= 0.3 is 0 Å². The minimum atomic E-state index is -0.682. The highest BCUT2D eigenvalue weighted by Gasteiger charge is 2.10. The van der Waals surface area contributed by atoms with E-state index in [0.717, 1.165) is 0 Å². The number of nitrogens with one attached hydrogen (secondary N) is 4. The number of nitrogens with two attached hydrogens (primary N) is 2. The number of rotatable bonds is 9. The van der Waals surface area contributed by atoms with E-state index in [2.05, 4.69) is 21.3 Å². The van der Waals surface area contributed by atoms with Crippen LogP contribution in [0.1, 0.15) is 13.8 Å². The lowest BCUT2D eigenvalue weighted by Crippen LogP contribution is -2.46. The van der Waals surface area contributed by atoms with Crippen molar-refractivity contribution in [1.29, 1.82) is 0 Å². The lowest BCUT2D eigenvalue weighted by atomic mass is 10.3. The van der Waals surface area contributed by atoms with Gasteiger partial charge in [-0.05, 0) is 13.8 Å². The minimum Gasteiger partial charge on any atom is -0.353 e. The van der Waals surface area contributed by atoms with E-state index in [-0.39, 0.29) is 26.2 Å². The molecule has 0 fully saturated rings. The zero-order chi connectivity index (χ0) is 17.1. The van der Waals surface area contributed by atoms with Gasteiger partial charge in [0.15, 0.2) is 0 Å². The van der Waals surface area contributed by atoms with E-state index in [1.54, 1.807) is 0 Å². The average Bonchev–Trinajstić information content (AvgIpc) is 2.46. The summed E-state index contributed by atoms with van der Waals surface area (Å²) in [5, 5.41) is 9.70. The predicted octanol–water partition coefficient (Wildman–Crippen LogP) is -3.85. The molecule has 2 unspecified atom stereocenters. The van der Waals surface area contributed by atoms with Crippen molar-refractivity contribution >= 4 is 23.6 Å². The smallest absolute Gasteiger partial charge is 0.239 e. The summed E-state index contributed by atoms with van der Waals surface area (Å²) in [7, 11) is 0. The molecule has 0 aromatic rings. The summed E-state index contributed by atoms with van der Waals surface area (Å²) in [4.78, 5) is 45.0. The molecular weight excluding hydrogens is 292 g/mol. The Labute approximate surface area is 128 Å². The predicted molar refractivity (Wildman–Crippen MR) is 79.3 cm³/mol. The van der Waals surface area contributed by atoms with Gasteiger partial charge < -0.3 is 32.7 Å². The van der Waals surface area contributed by atoms with Gasteiger partial charge in [0, 0.05) is 13.1 Å². The summed E-state index contributed by atoms with van der Waals surface area (Å²) >= 11 is 0. The molecule has 0 rings (SSSR count). The Morgan fingerprint density at radius 2 is 1.05 bits per heavy atom. The molecule has 0 aliphatic carbocycles. The largest absolute Gasteiger partial charge is 0.353 e. The molecular formula is C12H24N6O4. The summed E-state index contributed by atoms with van der Waals surface area (Å²) in [6.07, 6.45) is 0. The van der Waals surface area contributed by atoms with E-state index in [4.69, 9.17) is 11.5 Å². The molecule has 4 amide bonds. The molecule has 8 N–H and O–H groups in total. The Morgan fingerprint density at radius 1 is 0.727 bits per heavy atom. The summed E-state index contributed by atoms with van der Waals surface area (Å²) in [6.45, 7) is 3.04. The van der Waals surface area contributed by atoms with Crippen LogP contribution in [0.15, 0.2) is 0 Å². The highest BCUT2D eigenvalue weighted by Crippen LogP contribution is 1.75. The first kappa shape index (κ1) is 19.8. The number of carbonyl (C=O) groups is 4. The van der Waals surface area contributed by atoms with Gasteiger partial charge in [0.2, 0.25) is 23.6 Å². The molecule has 0 heterocycles. The van der Waals surface area contributed by atoms with E-state index in [1.807, 2.05) is 0 Å². The van der Waals surface area contributed by atoms with Crippen LogP contribution in [0.5, 0.6) is 0 Å². The molecule has 126 valence electrons. The van der Waals surface area contributed by atoms with Gasteiger partial charge in [-0.15, -0.1) is 0 Å². The summed E-state index contributed by atoms with van der Waals surface area (Å²) in [5.74, 6) is -1.64. The summed E-state index contributed by atoms with van der Waals surface area (Å²) in [5.41, 5.74) is 10.6. The van der Waals surface area contributed by atoms with Crippen LogP contribution in [0.4, 0.5) is 0 Å². The van der Waals surface area contributed by atoms with Crippen molar-refractivity contribution in [1.82, 2.24) is 21.3 Å². The summed E-state index contributed by atoms with van der Waals surface area (Å²) < 4.78 is 0. The summed E-state index contributed by atoms with van der Waals surface area (Å²) in [6, 6.07) is -1.36. The highest BCUT2D eigenvalue weighted by molar-refractivity contribution is 5.87. The van der Waals surface area contributed by atoms with Gasteiger partial charge in [-0.1, -0.05) is 0 Å². The maximum absolute atomic E-state index is 11.4. The maximum atomic E-state index is 11.4. The number of carbonyl (C=O) groups excluding carboxylic acids is 4. The molecule has 22 heavy (non-hydrogen) atoms. The molecule has 0 aromatic heterocycles. The number of hydrogen-bond donors (Lipinski definition) is 6. The first-order valence-electron chi connectivity index (χ1n) is 6.84. The molecule has 0 spiro atoms. The maximum Gasteiger partial charge on any atom is 0.239 e. The number of amides is 4. The Balaban J connectivity index is 3.67. The quantitative estimate of drug-likeness (QED) is 0.238. The van der Waals surface area contributed by atoms with E-state index >= 15 is 0 Å². The molecule has 2 atom stereocenters. The van der Waals surface area contributed by atoms with Crippen LogP contribution in [0.2, 0.25) is 0 Å². The molecule has 0 radical (unpaired) electrons. The number of hydrogen-bond acceptors (Lipinski definition) is 6. The van der Waals surface area contributed by atoms with Crippen LogP contribution in [-0.2, 0) is 19.2 Å². The van der Waals surface area contributed by atoms with Gasteiger partial charge in [-0.3, -0.25) is 19.2 Å². The second-order valence-electron chi connectivity index (χ2n) is 4.71. The van der Waals surface area contributed by atoms with Gasteiger partial charge in [0.05, 0.1) is 25.2 Å². The SMILES string of the molecule is CC(N)C(=O)NCC(=O)NCCNC(=O)CNC(=O)C(C)N. The Bertz CT molecular complexity index is 372. The van der Waals surface area contributed by atoms with Crippen LogP contribution in [0, 0.1) is 0 Å². The third-order valence-electron chi connectivity index (χ3n) is 2.44. The molecule has 0 saturated carbocycles. The third-order valence-corrected chi connectivity index (χ3v) is 2.44. The third kappa shape index (κ3) is 9.66. The molecule has 10 heteroatoms. The van der Waals surface area contributed by atoms with Crippen LogP contribution < -0.4 is 32.7 Å². The monoisotopic (exact) mass is 316 g/mol. The fourth-order valence-corrected chi connectivity index (χ4v) is 1.19. The van der Waals surface area contributed by atoms with Crippen molar-refractivity contribution in [3.63, 3.8) is 0 Å². The molecule has 0 aliphatic heterocycles. The molecule has 10 nitrogen and oxygen atoms in total. The lowest BCUT2D eigenvalue weighted by Gasteiger charge is -2.10. The standard InChI is InChI=1S/C12H24N6O4/c1-7(13)11(21)17-5-9(19)15-3-4-16-10(20)6-18-12(22)8(2)14/h7-8H,3-6,13-14H2,1-2H3,(H,15,19)(H,16,20)(H,17,21)(H,18,22).